The zero-order chi connectivity index (χ0) is 18.9. The molecule has 2 aromatic heterocycles. The highest BCUT2D eigenvalue weighted by Gasteiger charge is 2.21. The molecule has 1 aromatic carbocycles. The summed E-state index contributed by atoms with van der Waals surface area (Å²) in [5.41, 5.74) is 0.804. The molecule has 0 saturated heterocycles. The summed E-state index contributed by atoms with van der Waals surface area (Å²) in [5.74, 6) is -0.897. The Bertz CT molecular complexity index is 1150. The van der Waals surface area contributed by atoms with E-state index in [0.29, 0.717) is 10.7 Å². The molecule has 26 heavy (non-hydrogen) atoms. The molecule has 0 aliphatic heterocycles. The molecule has 0 fully saturated rings. The number of hydrogen-bond acceptors (Lipinski definition) is 7. The van der Waals surface area contributed by atoms with Gasteiger partial charge in [0.05, 0.1) is 21.9 Å². The van der Waals surface area contributed by atoms with Gasteiger partial charge >= 0.3 is 5.97 Å². The predicted molar refractivity (Wildman–Crippen MR) is 97.4 cm³/mol. The summed E-state index contributed by atoms with van der Waals surface area (Å²) in [6, 6.07) is 7.19. The fourth-order valence-corrected chi connectivity index (χ4v) is 4.43. The molecule has 9 heteroatoms. The normalized spacial score (nSPS) is 11.6. The van der Waals surface area contributed by atoms with E-state index in [9.17, 15) is 18.0 Å². The molecule has 0 unspecified atom stereocenters. The number of benzene rings is 1. The number of esters is 1. The maximum Gasteiger partial charge on any atom is 0.339 e. The van der Waals surface area contributed by atoms with Crippen LogP contribution in [0.3, 0.4) is 0 Å². The van der Waals surface area contributed by atoms with Gasteiger partial charge in [-0.2, -0.15) is 0 Å². The van der Waals surface area contributed by atoms with Gasteiger partial charge in [0.15, 0.2) is 14.8 Å². The summed E-state index contributed by atoms with van der Waals surface area (Å²) in [5, 5.41) is 1.81. The highest BCUT2D eigenvalue weighted by atomic mass is 32.2. The van der Waals surface area contributed by atoms with Gasteiger partial charge in [0.1, 0.15) is 6.61 Å². The Morgan fingerprint density at radius 2 is 2.04 bits per heavy atom. The van der Waals surface area contributed by atoms with Crippen LogP contribution in [0.15, 0.2) is 45.4 Å². The molecular weight excluding hydrogens is 376 g/mol. The van der Waals surface area contributed by atoms with Crippen molar-refractivity contribution in [2.75, 3.05) is 5.75 Å². The Morgan fingerprint density at radius 3 is 2.77 bits per heavy atom. The lowest BCUT2D eigenvalue weighted by atomic mass is 10.2. The number of nitrogens with zero attached hydrogens (tertiary/aromatic N) is 2. The first-order valence-electron chi connectivity index (χ1n) is 7.79. The summed E-state index contributed by atoms with van der Waals surface area (Å²) in [7, 11) is -3.56. The standard InChI is InChI=1S/C17H16N2O5S2/c1-3-26(22,23)14-7-5-4-6-13(14)16(21)24-9-12-8-15(20)19-11(2)10-25-17(19)18-12/h4-8,10H,3,9H2,1-2H3. The first-order chi connectivity index (χ1) is 12.3. The van der Waals surface area contributed by atoms with E-state index in [0.717, 1.165) is 5.69 Å². The minimum Gasteiger partial charge on any atom is -0.456 e. The Hall–Kier alpha value is -2.52. The van der Waals surface area contributed by atoms with Crippen molar-refractivity contribution in [2.45, 2.75) is 25.3 Å². The van der Waals surface area contributed by atoms with Crippen LogP contribution < -0.4 is 5.56 Å². The van der Waals surface area contributed by atoms with E-state index >= 15 is 0 Å². The van der Waals surface area contributed by atoms with Crippen molar-refractivity contribution in [3.63, 3.8) is 0 Å². The Kier molecular flexibility index (Phi) is 4.92. The molecule has 2 heterocycles. The molecule has 0 radical (unpaired) electrons. The van der Waals surface area contributed by atoms with Crippen LogP contribution in [0.25, 0.3) is 4.96 Å². The van der Waals surface area contributed by atoms with Crippen LogP contribution >= 0.6 is 11.3 Å². The van der Waals surface area contributed by atoms with Gasteiger partial charge in [-0.1, -0.05) is 19.1 Å². The average Bonchev–Trinajstić information content (AvgIpc) is 3.01. The van der Waals surface area contributed by atoms with Crippen molar-refractivity contribution in [1.82, 2.24) is 9.38 Å². The van der Waals surface area contributed by atoms with E-state index in [1.165, 1.54) is 40.9 Å². The smallest absolute Gasteiger partial charge is 0.339 e. The summed E-state index contributed by atoms with van der Waals surface area (Å²) in [6.07, 6.45) is 0. The molecule has 0 atom stereocenters. The summed E-state index contributed by atoms with van der Waals surface area (Å²) in [6.45, 7) is 3.09. The topological polar surface area (TPSA) is 94.8 Å². The number of thiazole rings is 1. The minimum atomic E-state index is -3.56. The van der Waals surface area contributed by atoms with E-state index in [4.69, 9.17) is 4.74 Å². The molecule has 7 nitrogen and oxygen atoms in total. The number of hydrogen-bond donors (Lipinski definition) is 0. The zero-order valence-electron chi connectivity index (χ0n) is 14.1. The molecule has 136 valence electrons. The van der Waals surface area contributed by atoms with Crippen LogP contribution in [0.4, 0.5) is 0 Å². The van der Waals surface area contributed by atoms with Gasteiger partial charge in [-0.3, -0.25) is 9.20 Å². The molecule has 0 bridgehead atoms. The van der Waals surface area contributed by atoms with E-state index in [1.807, 2.05) is 5.38 Å². The zero-order valence-corrected chi connectivity index (χ0v) is 15.8. The number of carbonyl (C=O) groups is 1. The number of rotatable bonds is 5. The van der Waals surface area contributed by atoms with Crippen LogP contribution in [-0.2, 0) is 21.2 Å². The van der Waals surface area contributed by atoms with Crippen molar-refractivity contribution in [2.24, 2.45) is 0 Å². The van der Waals surface area contributed by atoms with Crippen molar-refractivity contribution in [3.8, 4) is 0 Å². The van der Waals surface area contributed by atoms with E-state index in [-0.39, 0.29) is 28.4 Å². The molecule has 3 aromatic rings. The van der Waals surface area contributed by atoms with E-state index in [1.54, 1.807) is 19.1 Å². The second-order valence-electron chi connectivity index (χ2n) is 5.56. The summed E-state index contributed by atoms with van der Waals surface area (Å²) in [4.78, 5) is 29.2. The second-order valence-corrected chi connectivity index (χ2v) is 8.64. The number of ether oxygens (including phenoxy) is 1. The molecule has 0 aliphatic carbocycles. The lowest BCUT2D eigenvalue weighted by Crippen LogP contribution is -2.17. The first-order valence-corrected chi connectivity index (χ1v) is 10.3. The third kappa shape index (κ3) is 3.40. The lowest BCUT2D eigenvalue weighted by Gasteiger charge is -2.09. The monoisotopic (exact) mass is 392 g/mol. The predicted octanol–water partition coefficient (Wildman–Crippen LogP) is 2.22. The Morgan fingerprint density at radius 1 is 1.31 bits per heavy atom. The number of sulfone groups is 1. The van der Waals surface area contributed by atoms with Gasteiger partial charge in [0.2, 0.25) is 0 Å². The van der Waals surface area contributed by atoms with E-state index < -0.39 is 15.8 Å². The third-order valence-electron chi connectivity index (χ3n) is 3.80. The van der Waals surface area contributed by atoms with Gasteiger partial charge in [-0.05, 0) is 19.1 Å². The third-order valence-corrected chi connectivity index (χ3v) is 6.53. The maximum absolute atomic E-state index is 12.4. The van der Waals surface area contributed by atoms with Crippen LogP contribution in [-0.4, -0.2) is 29.5 Å². The van der Waals surface area contributed by atoms with E-state index in [2.05, 4.69) is 4.98 Å². The van der Waals surface area contributed by atoms with Crippen LogP contribution in [0, 0.1) is 6.92 Å². The van der Waals surface area contributed by atoms with Crippen LogP contribution in [0.2, 0.25) is 0 Å². The molecule has 0 saturated carbocycles. The minimum absolute atomic E-state index is 0.0286. The molecule has 0 aliphatic rings. The fourth-order valence-electron chi connectivity index (χ4n) is 2.45. The van der Waals surface area contributed by atoms with Gasteiger partial charge in [0, 0.05) is 17.1 Å². The van der Waals surface area contributed by atoms with Crippen molar-refractivity contribution < 1.29 is 17.9 Å². The quantitative estimate of drug-likeness (QED) is 0.618. The maximum atomic E-state index is 12.4. The Balaban J connectivity index is 1.86. The number of fused-ring (bicyclic) bond motifs is 1. The molecule has 0 spiro atoms. The average molecular weight is 392 g/mol. The molecule has 0 amide bonds. The van der Waals surface area contributed by atoms with Crippen molar-refractivity contribution in [1.29, 1.82) is 0 Å². The highest BCUT2D eigenvalue weighted by Crippen LogP contribution is 2.19. The van der Waals surface area contributed by atoms with Gasteiger partial charge in [0.25, 0.3) is 5.56 Å². The van der Waals surface area contributed by atoms with Crippen LogP contribution in [0.1, 0.15) is 28.7 Å². The molecule has 0 N–H and O–H groups in total. The summed E-state index contributed by atoms with van der Waals surface area (Å²) < 4.78 is 30.9. The lowest BCUT2D eigenvalue weighted by molar-refractivity contribution is 0.0463. The number of aromatic nitrogens is 2. The number of carbonyl (C=O) groups excluding carboxylic acids is 1. The molecular formula is C17H16N2O5S2. The Labute approximate surface area is 153 Å². The van der Waals surface area contributed by atoms with Crippen molar-refractivity contribution in [3.05, 3.63) is 63.0 Å². The fraction of sp³-hybridized carbons (Fsp3) is 0.235. The summed E-state index contributed by atoms with van der Waals surface area (Å²) >= 11 is 1.31. The van der Waals surface area contributed by atoms with Crippen molar-refractivity contribution >= 4 is 32.1 Å². The number of aryl methyl sites for hydroxylation is 1. The van der Waals surface area contributed by atoms with Gasteiger partial charge in [-0.15, -0.1) is 11.3 Å². The highest BCUT2D eigenvalue weighted by molar-refractivity contribution is 7.91. The van der Waals surface area contributed by atoms with Gasteiger partial charge in [-0.25, -0.2) is 18.2 Å². The first kappa shape index (κ1) is 18.3. The molecule has 3 rings (SSSR count). The largest absolute Gasteiger partial charge is 0.456 e. The SMILES string of the molecule is CCS(=O)(=O)c1ccccc1C(=O)OCc1cc(=O)n2c(C)csc2n1. The second kappa shape index (κ2) is 7.00. The van der Waals surface area contributed by atoms with Gasteiger partial charge < -0.3 is 4.74 Å². The van der Waals surface area contributed by atoms with Crippen LogP contribution in [0.5, 0.6) is 0 Å².